The van der Waals surface area contributed by atoms with Crippen LogP contribution in [0.3, 0.4) is 0 Å². The van der Waals surface area contributed by atoms with Crippen molar-refractivity contribution < 1.29 is 4.79 Å². The summed E-state index contributed by atoms with van der Waals surface area (Å²) in [6.07, 6.45) is 6.26. The topological polar surface area (TPSA) is 43.1 Å². The second kappa shape index (κ2) is 6.05. The molecule has 114 valence electrons. The van der Waals surface area contributed by atoms with E-state index in [-0.39, 0.29) is 5.91 Å². The molecule has 1 amide bonds. The van der Waals surface area contributed by atoms with E-state index in [2.05, 4.69) is 27.9 Å². The Labute approximate surface area is 129 Å². The van der Waals surface area contributed by atoms with Gasteiger partial charge in [0.25, 0.3) is 0 Å². The Morgan fingerprint density at radius 2 is 2.09 bits per heavy atom. The predicted molar refractivity (Wildman–Crippen MR) is 86.2 cm³/mol. The number of carbonyl (C=O) groups is 1. The molecule has 3 aromatic rings. The highest BCUT2D eigenvalue weighted by Crippen LogP contribution is 2.15. The van der Waals surface area contributed by atoms with Gasteiger partial charge >= 0.3 is 0 Å². The van der Waals surface area contributed by atoms with Gasteiger partial charge in [-0.1, -0.05) is 18.2 Å². The van der Waals surface area contributed by atoms with Crippen LogP contribution in [0.1, 0.15) is 12.0 Å². The van der Waals surface area contributed by atoms with Crippen molar-refractivity contribution in [3.8, 4) is 0 Å². The average Bonchev–Trinajstić information content (AvgIpc) is 3.11. The molecule has 1 aromatic carbocycles. The van der Waals surface area contributed by atoms with E-state index in [0.717, 1.165) is 5.56 Å². The van der Waals surface area contributed by atoms with E-state index in [1.807, 2.05) is 38.6 Å². The highest BCUT2D eigenvalue weighted by molar-refractivity contribution is 5.80. The minimum absolute atomic E-state index is 0.140. The summed E-state index contributed by atoms with van der Waals surface area (Å²) in [5.74, 6) is 0.140. The van der Waals surface area contributed by atoms with Gasteiger partial charge in [-0.15, -0.1) is 0 Å². The van der Waals surface area contributed by atoms with Crippen molar-refractivity contribution in [2.45, 2.75) is 19.5 Å². The summed E-state index contributed by atoms with van der Waals surface area (Å²) in [5, 5.41) is 5.33. The molecular formula is C17H20N4O. The molecule has 0 radical (unpaired) electrons. The van der Waals surface area contributed by atoms with Crippen LogP contribution in [-0.4, -0.2) is 32.2 Å². The highest BCUT2D eigenvalue weighted by atomic mass is 16.2. The molecule has 0 saturated carbocycles. The zero-order chi connectivity index (χ0) is 15.5. The smallest absolute Gasteiger partial charge is 0.224 e. The third kappa shape index (κ3) is 3.03. The van der Waals surface area contributed by atoms with E-state index in [1.165, 1.54) is 10.9 Å². The molecule has 0 aliphatic carbocycles. The Bertz CT molecular complexity index is 787. The summed E-state index contributed by atoms with van der Waals surface area (Å²) >= 11 is 0. The molecule has 5 nitrogen and oxygen atoms in total. The SMILES string of the molecule is CN(Cc1cnn(C)c1)C(=O)CCn1ccc2ccccc21. The summed E-state index contributed by atoms with van der Waals surface area (Å²) in [7, 11) is 3.71. The molecule has 0 aliphatic heterocycles. The first-order chi connectivity index (χ1) is 10.6. The first-order valence-electron chi connectivity index (χ1n) is 7.39. The van der Waals surface area contributed by atoms with Crippen LogP contribution in [0.25, 0.3) is 10.9 Å². The maximum Gasteiger partial charge on any atom is 0.224 e. The largest absolute Gasteiger partial charge is 0.347 e. The number of fused-ring (bicyclic) bond motifs is 1. The Balaban J connectivity index is 1.59. The Hall–Kier alpha value is -2.56. The number of rotatable bonds is 5. The van der Waals surface area contributed by atoms with Crippen molar-refractivity contribution in [1.29, 1.82) is 0 Å². The molecule has 22 heavy (non-hydrogen) atoms. The van der Waals surface area contributed by atoms with Crippen LogP contribution in [0, 0.1) is 0 Å². The average molecular weight is 296 g/mol. The van der Waals surface area contributed by atoms with E-state index in [9.17, 15) is 4.79 Å². The lowest BCUT2D eigenvalue weighted by molar-refractivity contribution is -0.130. The maximum atomic E-state index is 12.3. The fourth-order valence-corrected chi connectivity index (χ4v) is 2.66. The summed E-state index contributed by atoms with van der Waals surface area (Å²) < 4.78 is 3.88. The minimum atomic E-state index is 0.140. The van der Waals surface area contributed by atoms with Gasteiger partial charge in [0.15, 0.2) is 0 Å². The number of aromatic nitrogens is 3. The molecule has 5 heteroatoms. The second-order valence-electron chi connectivity index (χ2n) is 5.59. The number of para-hydroxylation sites is 1. The molecule has 2 aromatic heterocycles. The van der Waals surface area contributed by atoms with Crippen LogP contribution in [0.15, 0.2) is 48.9 Å². The number of carbonyl (C=O) groups excluding carboxylic acids is 1. The lowest BCUT2D eigenvalue weighted by Crippen LogP contribution is -2.26. The molecule has 0 bridgehead atoms. The minimum Gasteiger partial charge on any atom is -0.347 e. The van der Waals surface area contributed by atoms with Gasteiger partial charge in [0.2, 0.25) is 5.91 Å². The van der Waals surface area contributed by atoms with Gasteiger partial charge in [0.05, 0.1) is 6.20 Å². The lowest BCUT2D eigenvalue weighted by atomic mass is 10.2. The summed E-state index contributed by atoms with van der Waals surface area (Å²) in [6, 6.07) is 10.3. The van der Waals surface area contributed by atoms with Gasteiger partial charge in [0.1, 0.15) is 0 Å². The van der Waals surface area contributed by atoms with Crippen molar-refractivity contribution in [3.63, 3.8) is 0 Å². The van der Waals surface area contributed by atoms with Gasteiger partial charge in [-0.25, -0.2) is 0 Å². The van der Waals surface area contributed by atoms with Crippen molar-refractivity contribution in [3.05, 3.63) is 54.5 Å². The van der Waals surface area contributed by atoms with E-state index in [4.69, 9.17) is 0 Å². The van der Waals surface area contributed by atoms with Crippen LogP contribution in [0.2, 0.25) is 0 Å². The highest BCUT2D eigenvalue weighted by Gasteiger charge is 2.11. The third-order valence-corrected chi connectivity index (χ3v) is 3.85. The number of nitrogens with zero attached hydrogens (tertiary/aromatic N) is 4. The van der Waals surface area contributed by atoms with Crippen LogP contribution in [-0.2, 0) is 24.9 Å². The normalized spacial score (nSPS) is 11.0. The van der Waals surface area contributed by atoms with Crippen LogP contribution >= 0.6 is 0 Å². The van der Waals surface area contributed by atoms with Crippen LogP contribution < -0.4 is 0 Å². The summed E-state index contributed by atoms with van der Waals surface area (Å²) in [6.45, 7) is 1.29. The molecule has 3 rings (SSSR count). The van der Waals surface area contributed by atoms with Crippen molar-refractivity contribution in [2.75, 3.05) is 7.05 Å². The number of hydrogen-bond acceptors (Lipinski definition) is 2. The molecule has 0 unspecified atom stereocenters. The molecular weight excluding hydrogens is 276 g/mol. The van der Waals surface area contributed by atoms with Gasteiger partial charge in [-0.05, 0) is 17.5 Å². The molecule has 0 atom stereocenters. The first kappa shape index (κ1) is 14.4. The van der Waals surface area contributed by atoms with E-state index in [0.29, 0.717) is 19.5 Å². The second-order valence-corrected chi connectivity index (χ2v) is 5.59. The fraction of sp³-hybridized carbons (Fsp3) is 0.294. The van der Waals surface area contributed by atoms with E-state index >= 15 is 0 Å². The van der Waals surface area contributed by atoms with Crippen LogP contribution in [0.4, 0.5) is 0 Å². The predicted octanol–water partition coefficient (Wildman–Crippen LogP) is 2.42. The van der Waals surface area contributed by atoms with E-state index in [1.54, 1.807) is 15.8 Å². The summed E-state index contributed by atoms with van der Waals surface area (Å²) in [5.41, 5.74) is 2.22. The van der Waals surface area contributed by atoms with E-state index < -0.39 is 0 Å². The molecule has 0 N–H and O–H groups in total. The Morgan fingerprint density at radius 3 is 2.86 bits per heavy atom. The quantitative estimate of drug-likeness (QED) is 0.725. The molecule has 2 heterocycles. The number of amides is 1. The van der Waals surface area contributed by atoms with Crippen LogP contribution in [0.5, 0.6) is 0 Å². The molecule has 0 aliphatic rings. The number of aryl methyl sites for hydroxylation is 2. The zero-order valence-electron chi connectivity index (χ0n) is 12.9. The van der Waals surface area contributed by atoms with Crippen molar-refractivity contribution >= 4 is 16.8 Å². The standard InChI is InChI=1S/C17H20N4O/c1-19(12-14-11-18-20(2)13-14)17(22)8-10-21-9-7-15-5-3-4-6-16(15)21/h3-7,9,11,13H,8,10,12H2,1-2H3. The summed E-state index contributed by atoms with van der Waals surface area (Å²) in [4.78, 5) is 14.0. The molecule has 0 spiro atoms. The Morgan fingerprint density at radius 1 is 1.27 bits per heavy atom. The molecule has 0 saturated heterocycles. The molecule has 0 fully saturated rings. The zero-order valence-corrected chi connectivity index (χ0v) is 12.9. The number of benzene rings is 1. The fourth-order valence-electron chi connectivity index (χ4n) is 2.66. The third-order valence-electron chi connectivity index (χ3n) is 3.85. The van der Waals surface area contributed by atoms with Gasteiger partial charge < -0.3 is 9.47 Å². The maximum absolute atomic E-state index is 12.3. The lowest BCUT2D eigenvalue weighted by Gasteiger charge is -2.16. The monoisotopic (exact) mass is 296 g/mol. The van der Waals surface area contributed by atoms with Crippen molar-refractivity contribution in [2.24, 2.45) is 7.05 Å². The van der Waals surface area contributed by atoms with Gasteiger partial charge in [-0.2, -0.15) is 5.10 Å². The Kier molecular flexibility index (Phi) is 3.96. The van der Waals surface area contributed by atoms with Gasteiger partial charge in [0, 0.05) is 57.1 Å². The van der Waals surface area contributed by atoms with Gasteiger partial charge in [-0.3, -0.25) is 9.48 Å². The van der Waals surface area contributed by atoms with Crippen molar-refractivity contribution in [1.82, 2.24) is 19.2 Å². The number of hydrogen-bond donors (Lipinski definition) is 0. The first-order valence-corrected chi connectivity index (χ1v) is 7.39.